The molecule has 0 radical (unpaired) electrons. The number of hydrogen-bond donors (Lipinski definition) is 2. The summed E-state index contributed by atoms with van der Waals surface area (Å²) in [7, 11) is 0. The minimum atomic E-state index is -0.447. The third-order valence-electron chi connectivity index (χ3n) is 1.49. The highest BCUT2D eigenvalue weighted by molar-refractivity contribution is 4.52. The monoisotopic (exact) mass is 332 g/mol. The number of aliphatic hydroxyl groups is 2. The van der Waals surface area contributed by atoms with Gasteiger partial charge in [0.15, 0.2) is 0 Å². The largest absolute Gasteiger partial charge is 0.394 e. The zero-order valence-corrected chi connectivity index (χ0v) is 15.6. The maximum atomic E-state index is 8.92. The fourth-order valence-electron chi connectivity index (χ4n) is 0.704. The van der Waals surface area contributed by atoms with Gasteiger partial charge in [0, 0.05) is 0 Å². The number of rotatable bonds is 7. The molecule has 3 unspecified atom stereocenters. The Labute approximate surface area is 145 Å². The maximum Gasteiger partial charge on any atom is 0.0781 e. The first-order valence-corrected chi connectivity index (χ1v) is 7.08. The van der Waals surface area contributed by atoms with E-state index in [4.69, 9.17) is 19.7 Å². The van der Waals surface area contributed by atoms with E-state index in [1.54, 1.807) is 13.8 Å². The maximum absolute atomic E-state index is 8.92. The van der Waals surface area contributed by atoms with Crippen molar-refractivity contribution in [3.63, 3.8) is 0 Å². The van der Waals surface area contributed by atoms with Crippen LogP contribution in [-0.2, 0) is 9.47 Å². The summed E-state index contributed by atoms with van der Waals surface area (Å²) in [4.78, 5) is 0. The summed E-state index contributed by atoms with van der Waals surface area (Å²) >= 11 is 0. The van der Waals surface area contributed by atoms with E-state index in [0.717, 1.165) is 0 Å². The molecule has 4 heteroatoms. The highest BCUT2D eigenvalue weighted by Gasteiger charge is 2.06. The van der Waals surface area contributed by atoms with Gasteiger partial charge in [-0.3, -0.25) is 0 Å². The molecule has 140 valence electrons. The van der Waals surface area contributed by atoms with Crippen LogP contribution in [0.3, 0.4) is 0 Å². The Hall–Kier alpha value is -1.46. The molecule has 2 N–H and O–H groups in total. The van der Waals surface area contributed by atoms with Gasteiger partial charge in [0.2, 0.25) is 0 Å². The molecule has 0 aromatic carbocycles. The van der Waals surface area contributed by atoms with Crippen LogP contribution in [0.15, 0.2) is 65.8 Å². The molecule has 0 saturated heterocycles. The van der Waals surface area contributed by atoms with Crippen molar-refractivity contribution in [1.82, 2.24) is 0 Å². The van der Waals surface area contributed by atoms with E-state index in [-0.39, 0.29) is 18.8 Å². The lowest BCUT2D eigenvalue weighted by atomic mass is 10.4. The van der Waals surface area contributed by atoms with Crippen LogP contribution in [0, 0.1) is 0 Å². The quantitative estimate of drug-likeness (QED) is 0.687. The van der Waals surface area contributed by atoms with Crippen molar-refractivity contribution in [3.8, 4) is 0 Å². The highest BCUT2D eigenvalue weighted by Crippen LogP contribution is 1.97. The van der Waals surface area contributed by atoms with E-state index in [0.29, 0.717) is 13.2 Å². The van der Waals surface area contributed by atoms with E-state index < -0.39 is 6.10 Å². The van der Waals surface area contributed by atoms with Gasteiger partial charge in [-0.15, -0.1) is 65.8 Å². The first-order valence-electron chi connectivity index (χ1n) is 7.08. The second-order valence-electron chi connectivity index (χ2n) is 3.32. The van der Waals surface area contributed by atoms with Crippen LogP contribution in [-0.4, -0.2) is 48.3 Å². The third-order valence-corrected chi connectivity index (χ3v) is 1.49. The highest BCUT2D eigenvalue weighted by atomic mass is 16.5. The molecular formula is C19H40O4. The van der Waals surface area contributed by atoms with Gasteiger partial charge in [-0.2, -0.15) is 0 Å². The lowest BCUT2D eigenvalue weighted by Crippen LogP contribution is -2.24. The molecule has 0 saturated carbocycles. The fourth-order valence-corrected chi connectivity index (χ4v) is 0.704. The van der Waals surface area contributed by atoms with E-state index >= 15 is 0 Å². The second kappa shape index (κ2) is 49.9. The van der Waals surface area contributed by atoms with Gasteiger partial charge >= 0.3 is 0 Å². The molecular weight excluding hydrogens is 292 g/mol. The standard InChI is InChI=1S/C9H20O4.5C2H4/c1-7(11)5-12-9(3)6-13-8(2)4-10;5*1-2/h7-11H,4-6H2,1-3H3;5*1-2H2. The molecule has 0 aliphatic carbocycles. The number of ether oxygens (including phenoxy) is 2. The van der Waals surface area contributed by atoms with Gasteiger partial charge < -0.3 is 19.7 Å². The SMILES string of the molecule is C=C.C=C.C=C.C=C.C=C.CC(O)COC(C)COC(C)CO. The van der Waals surface area contributed by atoms with E-state index in [9.17, 15) is 0 Å². The molecule has 3 atom stereocenters. The van der Waals surface area contributed by atoms with Crippen molar-refractivity contribution in [1.29, 1.82) is 0 Å². The van der Waals surface area contributed by atoms with E-state index in [1.165, 1.54) is 0 Å². The first kappa shape index (κ1) is 37.6. The van der Waals surface area contributed by atoms with Gasteiger partial charge in [0.1, 0.15) is 0 Å². The average molecular weight is 333 g/mol. The summed E-state index contributed by atoms with van der Waals surface area (Å²) < 4.78 is 10.5. The normalized spacial score (nSPS) is 11.2. The van der Waals surface area contributed by atoms with Crippen LogP contribution in [0.2, 0.25) is 0 Å². The summed E-state index contributed by atoms with van der Waals surface area (Å²) in [6, 6.07) is 0. The minimum Gasteiger partial charge on any atom is -0.394 e. The Morgan fingerprint density at radius 2 is 0.957 bits per heavy atom. The molecule has 0 aromatic heterocycles. The van der Waals surface area contributed by atoms with Gasteiger partial charge in [0.25, 0.3) is 0 Å². The number of hydrogen-bond acceptors (Lipinski definition) is 4. The Balaban J connectivity index is -0.0000000611. The van der Waals surface area contributed by atoms with Crippen LogP contribution in [0.5, 0.6) is 0 Å². The van der Waals surface area contributed by atoms with Crippen molar-refractivity contribution in [2.24, 2.45) is 0 Å². The van der Waals surface area contributed by atoms with Crippen LogP contribution < -0.4 is 0 Å². The summed E-state index contributed by atoms with van der Waals surface area (Å²) in [5.41, 5.74) is 0. The topological polar surface area (TPSA) is 58.9 Å². The van der Waals surface area contributed by atoms with Gasteiger partial charge in [-0.25, -0.2) is 0 Å². The lowest BCUT2D eigenvalue weighted by molar-refractivity contribution is -0.0620. The Bertz CT molecular complexity index is 163. The molecule has 0 fully saturated rings. The van der Waals surface area contributed by atoms with Crippen LogP contribution in [0.1, 0.15) is 20.8 Å². The van der Waals surface area contributed by atoms with E-state index in [1.807, 2.05) is 6.92 Å². The molecule has 0 spiro atoms. The van der Waals surface area contributed by atoms with Crippen molar-refractivity contribution in [2.45, 2.75) is 39.1 Å². The summed E-state index contributed by atoms with van der Waals surface area (Å²) in [5, 5.41) is 17.6. The third kappa shape index (κ3) is 63.6. The Morgan fingerprint density at radius 3 is 1.22 bits per heavy atom. The average Bonchev–Trinajstić information content (AvgIpc) is 2.66. The number of aliphatic hydroxyl groups excluding tert-OH is 2. The zero-order chi connectivity index (χ0) is 20.3. The van der Waals surface area contributed by atoms with Crippen LogP contribution in [0.4, 0.5) is 0 Å². The van der Waals surface area contributed by atoms with Crippen molar-refractivity contribution in [2.75, 3.05) is 19.8 Å². The van der Waals surface area contributed by atoms with Gasteiger partial charge in [-0.1, -0.05) is 0 Å². The second-order valence-corrected chi connectivity index (χ2v) is 3.32. The molecule has 0 aromatic rings. The van der Waals surface area contributed by atoms with Crippen molar-refractivity contribution in [3.05, 3.63) is 65.8 Å². The molecule has 0 heterocycles. The molecule has 23 heavy (non-hydrogen) atoms. The predicted molar refractivity (Wildman–Crippen MR) is 106 cm³/mol. The lowest BCUT2D eigenvalue weighted by Gasteiger charge is -2.16. The summed E-state index contributed by atoms with van der Waals surface area (Å²) in [6.45, 7) is 36.1. The molecule has 4 nitrogen and oxygen atoms in total. The molecule has 0 rings (SSSR count). The summed E-state index contributed by atoms with van der Waals surface area (Å²) in [5.74, 6) is 0. The minimum absolute atomic E-state index is 0.0170. The molecule has 0 amide bonds. The van der Waals surface area contributed by atoms with Crippen LogP contribution >= 0.6 is 0 Å². The van der Waals surface area contributed by atoms with Gasteiger partial charge in [-0.05, 0) is 20.8 Å². The zero-order valence-electron chi connectivity index (χ0n) is 15.6. The molecule has 0 aliphatic heterocycles. The van der Waals surface area contributed by atoms with Gasteiger partial charge in [0.05, 0.1) is 38.1 Å². The first-order chi connectivity index (χ1) is 11.1. The van der Waals surface area contributed by atoms with Crippen LogP contribution in [0.25, 0.3) is 0 Å². The smallest absolute Gasteiger partial charge is 0.0781 e. The predicted octanol–water partition coefficient (Wildman–Crippen LogP) is 4.18. The Kier molecular flexibility index (Phi) is 81.6. The van der Waals surface area contributed by atoms with E-state index in [2.05, 4.69) is 65.8 Å². The fraction of sp³-hybridized carbons (Fsp3) is 0.474. The van der Waals surface area contributed by atoms with Crippen molar-refractivity contribution < 1.29 is 19.7 Å². The van der Waals surface area contributed by atoms with Crippen molar-refractivity contribution >= 4 is 0 Å². The summed E-state index contributed by atoms with van der Waals surface area (Å²) in [6.07, 6.45) is -0.654. The molecule has 0 aliphatic rings. The molecule has 0 bridgehead atoms. The Morgan fingerprint density at radius 1 is 0.652 bits per heavy atom.